The zero-order chi connectivity index (χ0) is 18.1. The Morgan fingerprint density at radius 2 is 1.58 bits per heavy atom. The molecule has 0 bridgehead atoms. The molecule has 0 aliphatic rings. The maximum Gasteiger partial charge on any atom is 0.243 e. The van der Waals surface area contributed by atoms with Crippen LogP contribution in [0.1, 0.15) is 22.4 Å². The fraction of sp³-hybridized carbons (Fsp3) is 0.211. The molecule has 2 aromatic carbocycles. The highest BCUT2D eigenvalue weighted by Gasteiger charge is 2.16. The number of anilines is 1. The molecule has 6 nitrogen and oxygen atoms in total. The topological polar surface area (TPSA) is 88.8 Å². The standard InChI is InChI=1S/C19H21N5O.ClH/c1-11-10-16(20)13(3)17(12(11)2)21-22-18-14(4)23-24(19(18)25)15-8-6-5-7-9-15;/h5-10,25H,20H2,1-4H3;1H. The number of nitrogen functional groups attached to an aromatic ring is 1. The molecule has 3 aromatic rings. The number of para-hydroxylation sites is 1. The summed E-state index contributed by atoms with van der Waals surface area (Å²) < 4.78 is 1.45. The third-order valence-electron chi connectivity index (χ3n) is 4.36. The van der Waals surface area contributed by atoms with E-state index in [1.807, 2.05) is 57.2 Å². The van der Waals surface area contributed by atoms with E-state index in [2.05, 4.69) is 15.3 Å². The van der Waals surface area contributed by atoms with E-state index in [4.69, 9.17) is 5.73 Å². The average Bonchev–Trinajstić information content (AvgIpc) is 2.88. The third kappa shape index (κ3) is 3.41. The number of hydrogen-bond donors (Lipinski definition) is 2. The summed E-state index contributed by atoms with van der Waals surface area (Å²) >= 11 is 0. The van der Waals surface area contributed by atoms with Gasteiger partial charge in [0, 0.05) is 5.69 Å². The molecule has 7 heteroatoms. The van der Waals surface area contributed by atoms with Gasteiger partial charge in [0.25, 0.3) is 0 Å². The minimum atomic E-state index is -0.0385. The highest BCUT2D eigenvalue weighted by Crippen LogP contribution is 2.36. The summed E-state index contributed by atoms with van der Waals surface area (Å²) in [6.45, 7) is 7.67. The van der Waals surface area contributed by atoms with Crippen LogP contribution < -0.4 is 5.73 Å². The van der Waals surface area contributed by atoms with Gasteiger partial charge in [-0.2, -0.15) is 9.78 Å². The highest BCUT2D eigenvalue weighted by molar-refractivity contribution is 5.85. The number of aryl methyl sites for hydroxylation is 2. The average molecular weight is 372 g/mol. The largest absolute Gasteiger partial charge is 0.492 e. The van der Waals surface area contributed by atoms with E-state index < -0.39 is 0 Å². The summed E-state index contributed by atoms with van der Waals surface area (Å²) in [6, 6.07) is 11.3. The summed E-state index contributed by atoms with van der Waals surface area (Å²) in [6.07, 6.45) is 0. The van der Waals surface area contributed by atoms with Gasteiger partial charge in [0.05, 0.1) is 17.1 Å². The van der Waals surface area contributed by atoms with E-state index in [-0.39, 0.29) is 18.3 Å². The van der Waals surface area contributed by atoms with E-state index in [1.54, 1.807) is 6.92 Å². The van der Waals surface area contributed by atoms with Crippen molar-refractivity contribution in [3.63, 3.8) is 0 Å². The first-order valence-electron chi connectivity index (χ1n) is 8.02. The first-order valence-corrected chi connectivity index (χ1v) is 8.02. The van der Waals surface area contributed by atoms with Crippen LogP contribution in [0.2, 0.25) is 0 Å². The monoisotopic (exact) mass is 371 g/mol. The Morgan fingerprint density at radius 1 is 0.962 bits per heavy atom. The molecule has 0 amide bonds. The molecule has 0 atom stereocenters. The quantitative estimate of drug-likeness (QED) is 0.488. The number of nitrogens with zero attached hydrogens (tertiary/aromatic N) is 4. The van der Waals surface area contributed by atoms with Crippen molar-refractivity contribution in [1.29, 1.82) is 0 Å². The number of rotatable bonds is 3. The molecule has 0 unspecified atom stereocenters. The summed E-state index contributed by atoms with van der Waals surface area (Å²) in [7, 11) is 0. The molecule has 0 radical (unpaired) electrons. The van der Waals surface area contributed by atoms with E-state index in [9.17, 15) is 5.11 Å². The van der Waals surface area contributed by atoms with Gasteiger partial charge in [-0.15, -0.1) is 22.6 Å². The van der Waals surface area contributed by atoms with Gasteiger partial charge in [-0.25, -0.2) is 0 Å². The Labute approximate surface area is 158 Å². The van der Waals surface area contributed by atoms with E-state index >= 15 is 0 Å². The summed E-state index contributed by atoms with van der Waals surface area (Å²) in [5, 5.41) is 23.5. The van der Waals surface area contributed by atoms with Crippen LogP contribution in [0.25, 0.3) is 5.69 Å². The number of halogens is 1. The molecule has 1 heterocycles. The zero-order valence-electron chi connectivity index (χ0n) is 15.2. The van der Waals surface area contributed by atoms with E-state index in [0.29, 0.717) is 17.1 Å². The maximum atomic E-state index is 10.5. The number of benzene rings is 2. The minimum absolute atomic E-state index is 0. The highest BCUT2D eigenvalue weighted by atomic mass is 35.5. The van der Waals surface area contributed by atoms with Crippen LogP contribution >= 0.6 is 12.4 Å². The molecule has 0 aliphatic heterocycles. The Hall–Kier alpha value is -2.86. The predicted octanol–water partition coefficient (Wildman–Crippen LogP) is 5.23. The van der Waals surface area contributed by atoms with Gasteiger partial charge in [-0.3, -0.25) is 0 Å². The van der Waals surface area contributed by atoms with Crippen LogP contribution in [-0.2, 0) is 0 Å². The van der Waals surface area contributed by atoms with Gasteiger partial charge in [-0.1, -0.05) is 18.2 Å². The second-order valence-corrected chi connectivity index (χ2v) is 6.09. The maximum absolute atomic E-state index is 10.5. The SMILES string of the molecule is Cc1cc(N)c(C)c(N=Nc2c(C)nn(-c3ccccc3)c2O)c1C.Cl. The normalized spacial score (nSPS) is 10.9. The van der Waals surface area contributed by atoms with Crippen molar-refractivity contribution in [3.8, 4) is 11.6 Å². The van der Waals surface area contributed by atoms with Gasteiger partial charge in [-0.05, 0) is 62.6 Å². The molecular weight excluding hydrogens is 350 g/mol. The summed E-state index contributed by atoms with van der Waals surface area (Å²) in [4.78, 5) is 0. The smallest absolute Gasteiger partial charge is 0.243 e. The molecule has 0 saturated heterocycles. The van der Waals surface area contributed by atoms with Crippen molar-refractivity contribution in [2.24, 2.45) is 10.2 Å². The van der Waals surface area contributed by atoms with Gasteiger partial charge >= 0.3 is 0 Å². The van der Waals surface area contributed by atoms with Crippen molar-refractivity contribution >= 4 is 29.5 Å². The number of azo groups is 1. The fourth-order valence-electron chi connectivity index (χ4n) is 2.68. The van der Waals surface area contributed by atoms with Crippen LogP contribution in [-0.4, -0.2) is 14.9 Å². The third-order valence-corrected chi connectivity index (χ3v) is 4.36. The van der Waals surface area contributed by atoms with Crippen molar-refractivity contribution < 1.29 is 5.11 Å². The molecule has 0 aliphatic carbocycles. The van der Waals surface area contributed by atoms with Crippen molar-refractivity contribution in [2.75, 3.05) is 5.73 Å². The van der Waals surface area contributed by atoms with Gasteiger partial charge < -0.3 is 10.8 Å². The molecule has 0 fully saturated rings. The van der Waals surface area contributed by atoms with Crippen molar-refractivity contribution in [3.05, 3.63) is 58.8 Å². The lowest BCUT2D eigenvalue weighted by atomic mass is 10.0. The number of nitrogens with two attached hydrogens (primary N) is 1. The first kappa shape index (κ1) is 19.5. The van der Waals surface area contributed by atoms with E-state index in [0.717, 1.165) is 28.1 Å². The number of hydrogen-bond acceptors (Lipinski definition) is 5. The van der Waals surface area contributed by atoms with Crippen LogP contribution in [0.3, 0.4) is 0 Å². The van der Waals surface area contributed by atoms with Gasteiger partial charge in [0.15, 0.2) is 5.69 Å². The Kier molecular flexibility index (Phi) is 5.67. The second kappa shape index (κ2) is 7.58. The van der Waals surface area contributed by atoms with Crippen LogP contribution in [0.5, 0.6) is 5.88 Å². The number of aromatic hydroxyl groups is 1. The molecule has 0 saturated carbocycles. The Morgan fingerprint density at radius 3 is 2.23 bits per heavy atom. The van der Waals surface area contributed by atoms with Crippen molar-refractivity contribution in [2.45, 2.75) is 27.7 Å². The molecule has 26 heavy (non-hydrogen) atoms. The van der Waals surface area contributed by atoms with Crippen molar-refractivity contribution in [1.82, 2.24) is 9.78 Å². The second-order valence-electron chi connectivity index (χ2n) is 6.09. The molecule has 3 rings (SSSR count). The lowest BCUT2D eigenvalue weighted by Crippen LogP contribution is -1.95. The van der Waals surface area contributed by atoms with E-state index in [1.165, 1.54) is 4.68 Å². The Bertz CT molecular complexity index is 938. The van der Waals surface area contributed by atoms with Gasteiger partial charge in [0.1, 0.15) is 0 Å². The molecule has 1 aromatic heterocycles. The Balaban J connectivity index is 0.00000243. The molecule has 136 valence electrons. The number of aromatic nitrogens is 2. The summed E-state index contributed by atoms with van der Waals surface area (Å²) in [5.74, 6) is -0.0385. The van der Waals surface area contributed by atoms with Crippen LogP contribution in [0, 0.1) is 27.7 Å². The first-order chi connectivity index (χ1) is 11.9. The van der Waals surface area contributed by atoms with Crippen LogP contribution in [0.4, 0.5) is 17.1 Å². The molecular formula is C19H22ClN5O. The minimum Gasteiger partial charge on any atom is -0.492 e. The summed E-state index contributed by atoms with van der Waals surface area (Å²) in [5.41, 5.74) is 12.1. The molecule has 3 N–H and O–H groups in total. The van der Waals surface area contributed by atoms with Crippen LogP contribution in [0.15, 0.2) is 46.6 Å². The molecule has 0 spiro atoms. The fourth-order valence-corrected chi connectivity index (χ4v) is 2.68. The zero-order valence-corrected chi connectivity index (χ0v) is 16.0. The lowest BCUT2D eigenvalue weighted by Gasteiger charge is -2.10. The van der Waals surface area contributed by atoms with Gasteiger partial charge in [0.2, 0.25) is 5.88 Å². The lowest BCUT2D eigenvalue weighted by molar-refractivity contribution is 0.434. The predicted molar refractivity (Wildman–Crippen MR) is 106 cm³/mol.